The molecule has 0 bridgehead atoms. The van der Waals surface area contributed by atoms with Crippen LogP contribution in [0.5, 0.6) is 0 Å². The smallest absolute Gasteiger partial charge is 0.262 e. The Balaban J connectivity index is 1.99. The summed E-state index contributed by atoms with van der Waals surface area (Å²) >= 11 is 0. The number of nitrogens with zero attached hydrogens (tertiary/aromatic N) is 1. The van der Waals surface area contributed by atoms with Gasteiger partial charge in [0.2, 0.25) is 10.0 Å². The van der Waals surface area contributed by atoms with Crippen molar-refractivity contribution in [3.8, 4) is 0 Å². The monoisotopic (exact) mass is 436 g/mol. The van der Waals surface area contributed by atoms with E-state index in [0.29, 0.717) is 29.9 Å². The van der Waals surface area contributed by atoms with Crippen molar-refractivity contribution in [3.63, 3.8) is 0 Å². The zero-order valence-corrected chi connectivity index (χ0v) is 19.0. The molecule has 158 valence electrons. The Morgan fingerprint density at radius 3 is 2.34 bits per heavy atom. The Bertz CT molecular complexity index is 1140. The molecule has 0 fully saturated rings. The molecule has 1 aliphatic heterocycles. The van der Waals surface area contributed by atoms with Gasteiger partial charge in [0.25, 0.3) is 10.0 Å². The maximum absolute atomic E-state index is 13.0. The number of sulfonamides is 2. The summed E-state index contributed by atoms with van der Waals surface area (Å²) in [5.41, 5.74) is 4.46. The molecule has 2 aromatic rings. The average Bonchev–Trinajstić information content (AvgIpc) is 2.63. The Morgan fingerprint density at radius 1 is 0.966 bits per heavy atom. The predicted molar refractivity (Wildman–Crippen MR) is 118 cm³/mol. The van der Waals surface area contributed by atoms with E-state index >= 15 is 0 Å². The van der Waals surface area contributed by atoms with Crippen molar-refractivity contribution >= 4 is 31.4 Å². The van der Waals surface area contributed by atoms with Gasteiger partial charge in [-0.05, 0) is 80.5 Å². The van der Waals surface area contributed by atoms with Gasteiger partial charge < -0.3 is 0 Å². The van der Waals surface area contributed by atoms with E-state index in [4.69, 9.17) is 0 Å². The fourth-order valence-corrected chi connectivity index (χ4v) is 6.67. The van der Waals surface area contributed by atoms with E-state index in [2.05, 4.69) is 4.72 Å². The third kappa shape index (κ3) is 4.43. The quantitative estimate of drug-likeness (QED) is 0.744. The van der Waals surface area contributed by atoms with E-state index in [9.17, 15) is 16.8 Å². The van der Waals surface area contributed by atoms with Crippen LogP contribution >= 0.6 is 0 Å². The van der Waals surface area contributed by atoms with Crippen LogP contribution in [0.2, 0.25) is 0 Å². The van der Waals surface area contributed by atoms with Crippen molar-refractivity contribution in [2.24, 2.45) is 0 Å². The molecule has 0 aromatic heterocycles. The first-order valence-electron chi connectivity index (χ1n) is 9.79. The standard InChI is InChI=1S/C21H28N2O4S2/c1-5-11-28(24,25)23-10-6-7-18-8-9-19(14-20(18)23)22-29(26,27)21-13-16(3)15(2)12-17(21)4/h8-9,12-14,22H,5-7,10-11H2,1-4H3. The molecule has 0 radical (unpaired) electrons. The number of fused-ring (bicyclic) bond motifs is 1. The van der Waals surface area contributed by atoms with Crippen molar-refractivity contribution in [3.05, 3.63) is 52.6 Å². The second-order valence-electron chi connectivity index (χ2n) is 7.64. The van der Waals surface area contributed by atoms with Gasteiger partial charge in [-0.15, -0.1) is 0 Å². The van der Waals surface area contributed by atoms with Crippen LogP contribution in [0.3, 0.4) is 0 Å². The molecule has 6 nitrogen and oxygen atoms in total. The molecule has 0 spiro atoms. The van der Waals surface area contributed by atoms with Crippen molar-refractivity contribution in [1.82, 2.24) is 0 Å². The summed E-state index contributed by atoms with van der Waals surface area (Å²) in [5, 5.41) is 0. The Hall–Kier alpha value is -2.06. The maximum atomic E-state index is 13.0. The highest BCUT2D eigenvalue weighted by Crippen LogP contribution is 2.33. The molecule has 0 saturated carbocycles. The van der Waals surface area contributed by atoms with Crippen LogP contribution in [-0.2, 0) is 26.5 Å². The molecule has 3 rings (SSSR count). The predicted octanol–water partition coefficient (Wildman–Crippen LogP) is 3.91. The molecule has 2 aromatic carbocycles. The highest BCUT2D eigenvalue weighted by atomic mass is 32.2. The van der Waals surface area contributed by atoms with Gasteiger partial charge in [0.15, 0.2) is 0 Å². The number of benzene rings is 2. The van der Waals surface area contributed by atoms with Crippen LogP contribution < -0.4 is 9.03 Å². The molecule has 0 unspecified atom stereocenters. The van der Waals surface area contributed by atoms with E-state index in [-0.39, 0.29) is 10.6 Å². The molecular weight excluding hydrogens is 408 g/mol. The Kier molecular flexibility index (Phi) is 5.96. The zero-order valence-electron chi connectivity index (χ0n) is 17.3. The minimum Gasteiger partial charge on any atom is -0.280 e. The third-order valence-corrected chi connectivity index (χ3v) is 8.79. The van der Waals surface area contributed by atoms with Crippen LogP contribution in [0.15, 0.2) is 35.2 Å². The van der Waals surface area contributed by atoms with Gasteiger partial charge in [0, 0.05) is 6.54 Å². The van der Waals surface area contributed by atoms with Crippen molar-refractivity contribution in [2.75, 3.05) is 21.3 Å². The second kappa shape index (κ2) is 7.99. The van der Waals surface area contributed by atoms with Gasteiger partial charge in [-0.2, -0.15) is 0 Å². The summed E-state index contributed by atoms with van der Waals surface area (Å²) in [6, 6.07) is 8.67. The lowest BCUT2D eigenvalue weighted by Crippen LogP contribution is -2.37. The van der Waals surface area contributed by atoms with Gasteiger partial charge in [-0.25, -0.2) is 16.8 Å². The lowest BCUT2D eigenvalue weighted by Gasteiger charge is -2.31. The topological polar surface area (TPSA) is 83.6 Å². The number of aryl methyl sites for hydroxylation is 4. The molecule has 29 heavy (non-hydrogen) atoms. The van der Waals surface area contributed by atoms with Gasteiger partial charge in [-0.1, -0.05) is 19.1 Å². The molecule has 8 heteroatoms. The fraction of sp³-hybridized carbons (Fsp3) is 0.429. The molecule has 1 aliphatic rings. The van der Waals surface area contributed by atoms with Gasteiger partial charge in [0.1, 0.15) is 0 Å². The first-order valence-corrected chi connectivity index (χ1v) is 12.9. The van der Waals surface area contributed by atoms with E-state index in [1.54, 1.807) is 25.1 Å². The molecular formula is C21H28N2O4S2. The molecule has 0 aliphatic carbocycles. The number of anilines is 2. The number of nitrogens with one attached hydrogen (secondary N) is 1. The van der Waals surface area contributed by atoms with Crippen LogP contribution in [0, 0.1) is 20.8 Å². The number of hydrogen-bond acceptors (Lipinski definition) is 4. The van der Waals surface area contributed by atoms with Crippen molar-refractivity contribution in [1.29, 1.82) is 0 Å². The highest BCUT2D eigenvalue weighted by Gasteiger charge is 2.27. The summed E-state index contributed by atoms with van der Waals surface area (Å²) in [5.74, 6) is 0.0736. The fourth-order valence-electron chi connectivity index (χ4n) is 3.70. The zero-order chi connectivity index (χ0) is 21.4. The Morgan fingerprint density at radius 2 is 1.66 bits per heavy atom. The summed E-state index contributed by atoms with van der Waals surface area (Å²) in [4.78, 5) is 0.230. The van der Waals surface area contributed by atoms with E-state index < -0.39 is 20.0 Å². The number of hydrogen-bond donors (Lipinski definition) is 1. The van der Waals surface area contributed by atoms with Crippen molar-refractivity contribution in [2.45, 2.75) is 51.9 Å². The summed E-state index contributed by atoms with van der Waals surface area (Å²) in [7, 11) is -7.21. The molecule has 1 N–H and O–H groups in total. The first-order chi connectivity index (χ1) is 13.5. The van der Waals surface area contributed by atoms with E-state index in [0.717, 1.165) is 29.5 Å². The SMILES string of the molecule is CCCS(=O)(=O)N1CCCc2ccc(NS(=O)(=O)c3cc(C)c(C)cc3C)cc21. The van der Waals surface area contributed by atoms with Gasteiger partial charge in [-0.3, -0.25) is 9.03 Å². The van der Waals surface area contributed by atoms with Gasteiger partial charge in [0.05, 0.1) is 22.0 Å². The second-order valence-corrected chi connectivity index (χ2v) is 11.3. The summed E-state index contributed by atoms with van der Waals surface area (Å²) in [6.07, 6.45) is 2.06. The van der Waals surface area contributed by atoms with Crippen LogP contribution in [0.1, 0.15) is 42.0 Å². The molecule has 0 amide bonds. The molecule has 0 atom stereocenters. The Labute approximate surface area is 174 Å². The third-order valence-electron chi connectivity index (χ3n) is 5.29. The minimum absolute atomic E-state index is 0.0736. The van der Waals surface area contributed by atoms with Crippen molar-refractivity contribution < 1.29 is 16.8 Å². The lowest BCUT2D eigenvalue weighted by atomic mass is 10.0. The van der Waals surface area contributed by atoms with Crippen LogP contribution in [-0.4, -0.2) is 29.1 Å². The average molecular weight is 437 g/mol. The minimum atomic E-state index is -3.79. The van der Waals surface area contributed by atoms with E-state index in [1.165, 1.54) is 4.31 Å². The van der Waals surface area contributed by atoms with Crippen LogP contribution in [0.25, 0.3) is 0 Å². The van der Waals surface area contributed by atoms with Crippen LogP contribution in [0.4, 0.5) is 11.4 Å². The summed E-state index contributed by atoms with van der Waals surface area (Å²) in [6.45, 7) is 7.84. The summed E-state index contributed by atoms with van der Waals surface area (Å²) < 4.78 is 55.4. The van der Waals surface area contributed by atoms with E-state index in [1.807, 2.05) is 32.9 Å². The maximum Gasteiger partial charge on any atom is 0.262 e. The molecule has 0 saturated heterocycles. The highest BCUT2D eigenvalue weighted by molar-refractivity contribution is 7.93. The lowest BCUT2D eigenvalue weighted by molar-refractivity contribution is 0.585. The first kappa shape index (κ1) is 21.6. The van der Waals surface area contributed by atoms with Gasteiger partial charge >= 0.3 is 0 Å². The molecule has 1 heterocycles. The normalized spacial score (nSPS) is 14.6. The number of rotatable bonds is 6. The largest absolute Gasteiger partial charge is 0.280 e.